The SMILES string of the molecule is C=CCCC(N)CCC1CCCCO1. The van der Waals surface area contributed by atoms with Gasteiger partial charge in [-0.3, -0.25) is 0 Å². The summed E-state index contributed by atoms with van der Waals surface area (Å²) in [6, 6.07) is 0.332. The van der Waals surface area contributed by atoms with Crippen LogP contribution in [0.25, 0.3) is 0 Å². The van der Waals surface area contributed by atoms with E-state index in [1.54, 1.807) is 0 Å². The standard InChI is InChI=1S/C12H23NO/c1-2-3-6-11(13)8-9-12-7-4-5-10-14-12/h2,11-12H,1,3-10,13H2. The summed E-state index contributed by atoms with van der Waals surface area (Å²) in [5.41, 5.74) is 5.97. The van der Waals surface area contributed by atoms with Crippen molar-refractivity contribution in [1.82, 2.24) is 0 Å². The molecule has 0 aliphatic carbocycles. The van der Waals surface area contributed by atoms with E-state index in [2.05, 4.69) is 6.58 Å². The molecule has 82 valence electrons. The van der Waals surface area contributed by atoms with Crippen molar-refractivity contribution in [3.63, 3.8) is 0 Å². The van der Waals surface area contributed by atoms with Crippen molar-refractivity contribution in [2.45, 2.75) is 57.1 Å². The first-order chi connectivity index (χ1) is 6.83. The Morgan fingerprint density at radius 3 is 2.93 bits per heavy atom. The first-order valence-corrected chi connectivity index (χ1v) is 5.81. The topological polar surface area (TPSA) is 35.2 Å². The van der Waals surface area contributed by atoms with Crippen LogP contribution in [0, 0.1) is 0 Å². The minimum atomic E-state index is 0.332. The fourth-order valence-corrected chi connectivity index (χ4v) is 1.91. The number of hydrogen-bond acceptors (Lipinski definition) is 2. The largest absolute Gasteiger partial charge is 0.378 e. The maximum atomic E-state index is 5.97. The van der Waals surface area contributed by atoms with E-state index < -0.39 is 0 Å². The van der Waals surface area contributed by atoms with Crippen LogP contribution in [0.2, 0.25) is 0 Å². The van der Waals surface area contributed by atoms with Crippen molar-refractivity contribution < 1.29 is 4.74 Å². The van der Waals surface area contributed by atoms with Gasteiger partial charge in [-0.25, -0.2) is 0 Å². The van der Waals surface area contributed by atoms with Crippen molar-refractivity contribution in [3.8, 4) is 0 Å². The third kappa shape index (κ3) is 4.77. The zero-order chi connectivity index (χ0) is 10.2. The first kappa shape index (κ1) is 11.7. The highest BCUT2D eigenvalue weighted by Gasteiger charge is 2.14. The van der Waals surface area contributed by atoms with Gasteiger partial charge in [0.05, 0.1) is 6.10 Å². The molecule has 2 N–H and O–H groups in total. The lowest BCUT2D eigenvalue weighted by Crippen LogP contribution is -2.25. The Kier molecular flexibility index (Phi) is 5.88. The maximum absolute atomic E-state index is 5.97. The quantitative estimate of drug-likeness (QED) is 0.664. The van der Waals surface area contributed by atoms with Crippen LogP contribution >= 0.6 is 0 Å². The molecule has 14 heavy (non-hydrogen) atoms. The van der Waals surface area contributed by atoms with Gasteiger partial charge < -0.3 is 10.5 Å². The lowest BCUT2D eigenvalue weighted by atomic mass is 10.00. The summed E-state index contributed by atoms with van der Waals surface area (Å²) >= 11 is 0. The first-order valence-electron chi connectivity index (χ1n) is 5.81. The summed E-state index contributed by atoms with van der Waals surface area (Å²) in [4.78, 5) is 0. The molecule has 0 amide bonds. The molecular weight excluding hydrogens is 174 g/mol. The molecule has 1 heterocycles. The second-order valence-corrected chi connectivity index (χ2v) is 4.19. The van der Waals surface area contributed by atoms with Gasteiger partial charge in [-0.1, -0.05) is 6.08 Å². The van der Waals surface area contributed by atoms with E-state index >= 15 is 0 Å². The van der Waals surface area contributed by atoms with Crippen LogP contribution < -0.4 is 5.73 Å². The van der Waals surface area contributed by atoms with Crippen molar-refractivity contribution in [2.75, 3.05) is 6.61 Å². The van der Waals surface area contributed by atoms with Gasteiger partial charge in [-0.2, -0.15) is 0 Å². The van der Waals surface area contributed by atoms with E-state index in [9.17, 15) is 0 Å². The van der Waals surface area contributed by atoms with Gasteiger partial charge >= 0.3 is 0 Å². The molecule has 2 nitrogen and oxygen atoms in total. The Balaban J connectivity index is 2.03. The highest BCUT2D eigenvalue weighted by molar-refractivity contribution is 4.73. The molecular formula is C12H23NO. The fourth-order valence-electron chi connectivity index (χ4n) is 1.91. The molecule has 2 heteroatoms. The smallest absolute Gasteiger partial charge is 0.0575 e. The molecule has 0 aromatic heterocycles. The molecule has 1 fully saturated rings. The predicted octanol–water partition coefficient (Wildman–Crippen LogP) is 2.63. The van der Waals surface area contributed by atoms with Crippen LogP contribution in [-0.2, 0) is 4.74 Å². The van der Waals surface area contributed by atoms with Crippen LogP contribution in [0.5, 0.6) is 0 Å². The van der Waals surface area contributed by atoms with Crippen molar-refractivity contribution >= 4 is 0 Å². The average molecular weight is 197 g/mol. The van der Waals surface area contributed by atoms with Crippen LogP contribution in [0.4, 0.5) is 0 Å². The Hall–Kier alpha value is -0.340. The van der Waals surface area contributed by atoms with Crippen LogP contribution in [0.3, 0.4) is 0 Å². The van der Waals surface area contributed by atoms with Crippen molar-refractivity contribution in [2.24, 2.45) is 5.73 Å². The number of hydrogen-bond donors (Lipinski definition) is 1. The molecule has 1 aliphatic heterocycles. The molecule has 2 unspecified atom stereocenters. The predicted molar refractivity (Wildman–Crippen MR) is 60.2 cm³/mol. The summed E-state index contributed by atoms with van der Waals surface area (Å²) in [7, 11) is 0. The lowest BCUT2D eigenvalue weighted by Gasteiger charge is -2.23. The number of rotatable bonds is 6. The van der Waals surface area contributed by atoms with Crippen molar-refractivity contribution in [3.05, 3.63) is 12.7 Å². The molecule has 0 bridgehead atoms. The summed E-state index contributed by atoms with van der Waals surface area (Å²) in [5.74, 6) is 0. The van der Waals surface area contributed by atoms with Gasteiger partial charge in [-0.15, -0.1) is 6.58 Å². The summed E-state index contributed by atoms with van der Waals surface area (Å²) in [6.45, 7) is 4.65. The van der Waals surface area contributed by atoms with Crippen LogP contribution in [0.15, 0.2) is 12.7 Å². The van der Waals surface area contributed by atoms with E-state index in [4.69, 9.17) is 10.5 Å². The van der Waals surface area contributed by atoms with Crippen molar-refractivity contribution in [1.29, 1.82) is 0 Å². The molecule has 0 aromatic carbocycles. The summed E-state index contributed by atoms with van der Waals surface area (Å²) in [6.07, 6.45) is 10.6. The van der Waals surface area contributed by atoms with Gasteiger partial charge in [0.25, 0.3) is 0 Å². The normalized spacial score (nSPS) is 24.5. The molecule has 1 aliphatic rings. The zero-order valence-electron chi connectivity index (χ0n) is 9.08. The molecule has 0 aromatic rings. The van der Waals surface area contributed by atoms with E-state index in [1.165, 1.54) is 19.3 Å². The molecule has 1 rings (SSSR count). The highest BCUT2D eigenvalue weighted by atomic mass is 16.5. The number of ether oxygens (including phenoxy) is 1. The summed E-state index contributed by atoms with van der Waals surface area (Å²) in [5, 5.41) is 0. The monoisotopic (exact) mass is 197 g/mol. The Labute approximate surface area is 87.5 Å². The lowest BCUT2D eigenvalue weighted by molar-refractivity contribution is 0.00906. The van der Waals surface area contributed by atoms with E-state index in [-0.39, 0.29) is 0 Å². The molecule has 1 saturated heterocycles. The maximum Gasteiger partial charge on any atom is 0.0575 e. The molecule has 2 atom stereocenters. The Bertz CT molecular complexity index is 152. The number of nitrogens with two attached hydrogens (primary N) is 1. The van der Waals surface area contributed by atoms with Gasteiger partial charge in [-0.05, 0) is 44.9 Å². The average Bonchev–Trinajstić information content (AvgIpc) is 2.25. The van der Waals surface area contributed by atoms with Gasteiger partial charge in [0.1, 0.15) is 0 Å². The zero-order valence-corrected chi connectivity index (χ0v) is 9.08. The van der Waals surface area contributed by atoms with E-state index in [0.717, 1.165) is 32.3 Å². The summed E-state index contributed by atoms with van der Waals surface area (Å²) < 4.78 is 5.66. The van der Waals surface area contributed by atoms with Gasteiger partial charge in [0.15, 0.2) is 0 Å². The highest BCUT2D eigenvalue weighted by Crippen LogP contribution is 2.18. The molecule has 0 saturated carbocycles. The fraction of sp³-hybridized carbons (Fsp3) is 0.833. The minimum Gasteiger partial charge on any atom is -0.378 e. The van der Waals surface area contributed by atoms with Crippen LogP contribution in [0.1, 0.15) is 44.9 Å². The van der Waals surface area contributed by atoms with E-state index in [0.29, 0.717) is 12.1 Å². The third-order valence-corrected chi connectivity index (χ3v) is 2.88. The van der Waals surface area contributed by atoms with Gasteiger partial charge in [0.2, 0.25) is 0 Å². The third-order valence-electron chi connectivity index (χ3n) is 2.88. The Morgan fingerprint density at radius 2 is 2.29 bits per heavy atom. The second kappa shape index (κ2) is 7.02. The minimum absolute atomic E-state index is 0.332. The van der Waals surface area contributed by atoms with Gasteiger partial charge in [0, 0.05) is 12.6 Å². The van der Waals surface area contributed by atoms with E-state index in [1.807, 2.05) is 6.08 Å². The van der Waals surface area contributed by atoms with Crippen LogP contribution in [-0.4, -0.2) is 18.8 Å². The molecule has 0 radical (unpaired) electrons. The second-order valence-electron chi connectivity index (χ2n) is 4.19. The molecule has 0 spiro atoms. The number of allylic oxidation sites excluding steroid dienone is 1. The Morgan fingerprint density at radius 1 is 1.43 bits per heavy atom.